The molecule has 0 saturated carbocycles. The molecule has 1 atom stereocenters. The van der Waals surface area contributed by atoms with Crippen molar-refractivity contribution < 1.29 is 9.47 Å². The molecular weight excluding hydrogens is 240 g/mol. The summed E-state index contributed by atoms with van der Waals surface area (Å²) in [5, 5.41) is 6.82. The maximum Gasteiger partial charge on any atom is 0.127 e. The van der Waals surface area contributed by atoms with Crippen LogP contribution in [0.15, 0.2) is 18.2 Å². The largest absolute Gasteiger partial charge is 0.496 e. The first-order valence-corrected chi connectivity index (χ1v) is 5.52. The number of hydrogen-bond acceptors (Lipinski definition) is 4. The van der Waals surface area contributed by atoms with Crippen LogP contribution in [0.1, 0.15) is 11.6 Å². The summed E-state index contributed by atoms with van der Waals surface area (Å²) in [5.74, 6) is 1.75. The number of nitrogens with one attached hydrogen (secondary N) is 2. The first-order chi connectivity index (χ1) is 7.86. The van der Waals surface area contributed by atoms with Gasteiger partial charge in [-0.3, -0.25) is 0 Å². The molecule has 5 heteroatoms. The molecule has 0 unspecified atom stereocenters. The number of hydrogen-bond donors (Lipinski definition) is 2. The quantitative estimate of drug-likeness (QED) is 0.859. The molecule has 2 N–H and O–H groups in total. The second-order valence-electron chi connectivity index (χ2n) is 3.79. The van der Waals surface area contributed by atoms with Crippen molar-refractivity contribution in [1.82, 2.24) is 10.6 Å². The SMILES string of the molecule is COc1cccc(OC)c1[C@H]1CNCCN1.Cl. The van der Waals surface area contributed by atoms with Crippen molar-refractivity contribution in [2.45, 2.75) is 6.04 Å². The zero-order valence-corrected chi connectivity index (χ0v) is 11.0. The summed E-state index contributed by atoms with van der Waals surface area (Å²) in [7, 11) is 3.38. The lowest BCUT2D eigenvalue weighted by Crippen LogP contribution is -2.42. The van der Waals surface area contributed by atoms with Gasteiger partial charge in [0.15, 0.2) is 0 Å². The van der Waals surface area contributed by atoms with Crippen molar-refractivity contribution in [3.05, 3.63) is 23.8 Å². The van der Waals surface area contributed by atoms with Crippen LogP contribution in [0.2, 0.25) is 0 Å². The Morgan fingerprint density at radius 1 is 1.12 bits per heavy atom. The standard InChI is InChI=1S/C12H18N2O2.ClH/c1-15-10-4-3-5-11(16-2)12(10)9-8-13-6-7-14-9;/h3-5,9,13-14H,6-8H2,1-2H3;1H/t9-;/m1./s1. The molecule has 1 saturated heterocycles. The molecule has 0 radical (unpaired) electrons. The lowest BCUT2D eigenvalue weighted by molar-refractivity contribution is 0.355. The van der Waals surface area contributed by atoms with Gasteiger partial charge in [-0.05, 0) is 12.1 Å². The van der Waals surface area contributed by atoms with Crippen LogP contribution in [0.25, 0.3) is 0 Å². The Balaban J connectivity index is 0.00000144. The summed E-state index contributed by atoms with van der Waals surface area (Å²) in [5.41, 5.74) is 1.10. The third-order valence-electron chi connectivity index (χ3n) is 2.86. The van der Waals surface area contributed by atoms with Gasteiger partial charge in [0.25, 0.3) is 0 Å². The summed E-state index contributed by atoms with van der Waals surface area (Å²) in [6.45, 7) is 2.87. The number of rotatable bonds is 3. The summed E-state index contributed by atoms with van der Waals surface area (Å²) in [6.07, 6.45) is 0. The second kappa shape index (κ2) is 6.69. The number of halogens is 1. The van der Waals surface area contributed by atoms with Gasteiger partial charge in [-0.25, -0.2) is 0 Å². The molecule has 1 aliphatic heterocycles. The van der Waals surface area contributed by atoms with Gasteiger partial charge in [-0.15, -0.1) is 12.4 Å². The van der Waals surface area contributed by atoms with Gasteiger partial charge < -0.3 is 20.1 Å². The van der Waals surface area contributed by atoms with Gasteiger partial charge in [0.05, 0.1) is 25.8 Å². The van der Waals surface area contributed by atoms with E-state index in [1.807, 2.05) is 18.2 Å². The molecular formula is C12H19ClN2O2. The third-order valence-corrected chi connectivity index (χ3v) is 2.86. The van der Waals surface area contributed by atoms with E-state index in [-0.39, 0.29) is 18.4 Å². The van der Waals surface area contributed by atoms with Gasteiger partial charge in [0, 0.05) is 19.6 Å². The van der Waals surface area contributed by atoms with Crippen molar-refractivity contribution in [3.8, 4) is 11.5 Å². The lowest BCUT2D eigenvalue weighted by atomic mass is 10.0. The van der Waals surface area contributed by atoms with E-state index in [0.29, 0.717) is 0 Å². The van der Waals surface area contributed by atoms with E-state index in [2.05, 4.69) is 10.6 Å². The Bertz CT molecular complexity index is 332. The lowest BCUT2D eigenvalue weighted by Gasteiger charge is -2.27. The minimum atomic E-state index is 0. The topological polar surface area (TPSA) is 42.5 Å². The molecule has 1 aromatic rings. The summed E-state index contributed by atoms with van der Waals surface area (Å²) >= 11 is 0. The molecule has 0 spiro atoms. The fourth-order valence-corrected chi connectivity index (χ4v) is 2.08. The van der Waals surface area contributed by atoms with Crippen LogP contribution < -0.4 is 20.1 Å². The van der Waals surface area contributed by atoms with E-state index < -0.39 is 0 Å². The van der Waals surface area contributed by atoms with Crippen LogP contribution in [-0.2, 0) is 0 Å². The van der Waals surface area contributed by atoms with Crippen LogP contribution in [0.4, 0.5) is 0 Å². The first-order valence-electron chi connectivity index (χ1n) is 5.52. The normalized spacial score (nSPS) is 19.3. The van der Waals surface area contributed by atoms with Crippen molar-refractivity contribution >= 4 is 12.4 Å². The minimum absolute atomic E-state index is 0. The predicted molar refractivity (Wildman–Crippen MR) is 70.4 cm³/mol. The smallest absolute Gasteiger partial charge is 0.127 e. The van der Waals surface area contributed by atoms with Crippen LogP contribution in [0.5, 0.6) is 11.5 Å². The predicted octanol–water partition coefficient (Wildman–Crippen LogP) is 1.36. The van der Waals surface area contributed by atoms with Gasteiger partial charge in [-0.2, -0.15) is 0 Å². The highest BCUT2D eigenvalue weighted by atomic mass is 35.5. The number of piperazine rings is 1. The van der Waals surface area contributed by atoms with E-state index in [1.165, 1.54) is 0 Å². The summed E-state index contributed by atoms with van der Waals surface area (Å²) in [6, 6.07) is 6.12. The molecule has 4 nitrogen and oxygen atoms in total. The number of methoxy groups -OCH3 is 2. The van der Waals surface area contributed by atoms with Crippen molar-refractivity contribution in [2.75, 3.05) is 33.9 Å². The minimum Gasteiger partial charge on any atom is -0.496 e. The van der Waals surface area contributed by atoms with Crippen molar-refractivity contribution in [1.29, 1.82) is 0 Å². The van der Waals surface area contributed by atoms with E-state index in [0.717, 1.165) is 36.7 Å². The summed E-state index contributed by atoms with van der Waals surface area (Å²) in [4.78, 5) is 0. The zero-order chi connectivity index (χ0) is 11.4. The Kier molecular flexibility index (Phi) is 5.55. The molecule has 1 aliphatic rings. The zero-order valence-electron chi connectivity index (χ0n) is 10.2. The Hall–Kier alpha value is -0.970. The highest BCUT2D eigenvalue weighted by Gasteiger charge is 2.21. The Morgan fingerprint density at radius 3 is 2.24 bits per heavy atom. The Labute approximate surface area is 108 Å². The van der Waals surface area contributed by atoms with E-state index in [4.69, 9.17) is 9.47 Å². The monoisotopic (exact) mass is 258 g/mol. The Morgan fingerprint density at radius 2 is 1.76 bits per heavy atom. The van der Waals surface area contributed by atoms with E-state index >= 15 is 0 Å². The first kappa shape index (κ1) is 14.1. The molecule has 0 amide bonds. The molecule has 1 heterocycles. The molecule has 1 aromatic carbocycles. The van der Waals surface area contributed by atoms with Crippen LogP contribution >= 0.6 is 12.4 Å². The van der Waals surface area contributed by atoms with E-state index in [9.17, 15) is 0 Å². The molecule has 2 rings (SSSR count). The van der Waals surface area contributed by atoms with Crippen LogP contribution in [-0.4, -0.2) is 33.9 Å². The van der Waals surface area contributed by atoms with Gasteiger partial charge >= 0.3 is 0 Å². The van der Waals surface area contributed by atoms with Crippen molar-refractivity contribution in [2.24, 2.45) is 0 Å². The van der Waals surface area contributed by atoms with Crippen LogP contribution in [0.3, 0.4) is 0 Å². The van der Waals surface area contributed by atoms with Gasteiger partial charge in [0.2, 0.25) is 0 Å². The molecule has 0 aromatic heterocycles. The summed E-state index contributed by atoms with van der Waals surface area (Å²) < 4.78 is 10.8. The third kappa shape index (κ3) is 3.03. The fourth-order valence-electron chi connectivity index (χ4n) is 2.08. The van der Waals surface area contributed by atoms with Crippen molar-refractivity contribution in [3.63, 3.8) is 0 Å². The van der Waals surface area contributed by atoms with Gasteiger partial charge in [-0.1, -0.05) is 6.07 Å². The average molecular weight is 259 g/mol. The highest BCUT2D eigenvalue weighted by Crippen LogP contribution is 2.34. The van der Waals surface area contributed by atoms with E-state index in [1.54, 1.807) is 14.2 Å². The molecule has 1 fully saturated rings. The fraction of sp³-hybridized carbons (Fsp3) is 0.500. The number of ether oxygens (including phenoxy) is 2. The average Bonchev–Trinajstić information content (AvgIpc) is 2.38. The molecule has 17 heavy (non-hydrogen) atoms. The highest BCUT2D eigenvalue weighted by molar-refractivity contribution is 5.85. The van der Waals surface area contributed by atoms with Crippen LogP contribution in [0, 0.1) is 0 Å². The molecule has 0 aliphatic carbocycles. The molecule has 0 bridgehead atoms. The number of benzene rings is 1. The second-order valence-corrected chi connectivity index (χ2v) is 3.79. The maximum atomic E-state index is 5.39. The maximum absolute atomic E-state index is 5.39. The van der Waals surface area contributed by atoms with Gasteiger partial charge in [0.1, 0.15) is 11.5 Å². The molecule has 96 valence electrons.